The third-order valence-corrected chi connectivity index (χ3v) is 5.73. The highest BCUT2D eigenvalue weighted by atomic mass is 16.7. The minimum absolute atomic E-state index is 0.461. The number of aliphatic imine (C=N–C) groups is 1. The summed E-state index contributed by atoms with van der Waals surface area (Å²) in [4.78, 5) is 10.9. The van der Waals surface area contributed by atoms with Crippen molar-refractivity contribution in [3.8, 4) is 0 Å². The summed E-state index contributed by atoms with van der Waals surface area (Å²) < 4.78 is 0. The maximum atomic E-state index is 5.98. The fourth-order valence-electron chi connectivity index (χ4n) is 4.25. The van der Waals surface area contributed by atoms with Crippen LogP contribution in [0.15, 0.2) is 4.99 Å². The molecular weight excluding hydrogens is 286 g/mol. The van der Waals surface area contributed by atoms with Crippen LogP contribution in [0, 0.1) is 0 Å². The Labute approximate surface area is 141 Å². The quantitative estimate of drug-likeness (QED) is 0.457. The monoisotopic (exact) mass is 321 g/mol. The van der Waals surface area contributed by atoms with E-state index in [4.69, 9.17) is 9.83 Å². The van der Waals surface area contributed by atoms with E-state index in [0.29, 0.717) is 18.1 Å². The fourth-order valence-corrected chi connectivity index (χ4v) is 4.25. The van der Waals surface area contributed by atoms with Crippen molar-refractivity contribution in [3.05, 3.63) is 0 Å². The van der Waals surface area contributed by atoms with E-state index in [9.17, 15) is 0 Å². The van der Waals surface area contributed by atoms with Crippen LogP contribution in [0.25, 0.3) is 0 Å². The van der Waals surface area contributed by atoms with E-state index in [0.717, 1.165) is 6.02 Å². The Kier molecular flexibility index (Phi) is 7.05. The lowest BCUT2D eigenvalue weighted by atomic mass is 9.95. The maximum absolute atomic E-state index is 5.98. The van der Waals surface area contributed by atoms with Crippen LogP contribution in [0.1, 0.15) is 96.3 Å². The molecule has 3 saturated carbocycles. The molecule has 0 bridgehead atoms. The van der Waals surface area contributed by atoms with Gasteiger partial charge in [-0.05, 0) is 38.5 Å². The zero-order valence-corrected chi connectivity index (χ0v) is 14.7. The number of nitrogens with zero attached hydrogens (tertiary/aromatic N) is 1. The zero-order chi connectivity index (χ0) is 15.7. The molecule has 0 heterocycles. The van der Waals surface area contributed by atoms with Crippen molar-refractivity contribution in [2.45, 2.75) is 114 Å². The molecular formula is C19H35N3O. The summed E-state index contributed by atoms with van der Waals surface area (Å²) in [6.07, 6.45) is 19.5. The van der Waals surface area contributed by atoms with E-state index in [1.54, 1.807) is 0 Å². The number of nitrogens with one attached hydrogen (secondary N) is 2. The van der Waals surface area contributed by atoms with Gasteiger partial charge in [-0.1, -0.05) is 57.8 Å². The van der Waals surface area contributed by atoms with Gasteiger partial charge in [-0.3, -0.25) is 0 Å². The molecule has 0 radical (unpaired) electrons. The van der Waals surface area contributed by atoms with Crippen LogP contribution in [-0.4, -0.2) is 24.1 Å². The molecule has 4 nitrogen and oxygen atoms in total. The molecule has 0 atom stereocenters. The van der Waals surface area contributed by atoms with E-state index < -0.39 is 0 Å². The zero-order valence-electron chi connectivity index (χ0n) is 14.7. The van der Waals surface area contributed by atoms with Crippen LogP contribution in [0.4, 0.5) is 0 Å². The van der Waals surface area contributed by atoms with Crippen LogP contribution < -0.4 is 10.8 Å². The molecule has 3 aliphatic carbocycles. The Bertz CT molecular complexity index is 354. The molecule has 23 heavy (non-hydrogen) atoms. The SMILES string of the molecule is C1CCC(N=C(NC2CCCCC2)ONC2CCCCC2)CC1. The van der Waals surface area contributed by atoms with Crippen molar-refractivity contribution in [1.29, 1.82) is 0 Å². The molecule has 0 saturated heterocycles. The van der Waals surface area contributed by atoms with Crippen LogP contribution in [0.2, 0.25) is 0 Å². The number of amidine groups is 1. The van der Waals surface area contributed by atoms with E-state index in [1.807, 2.05) is 0 Å². The van der Waals surface area contributed by atoms with E-state index in [1.165, 1.54) is 96.3 Å². The molecule has 0 aliphatic heterocycles. The molecule has 0 aromatic rings. The standard InChI is InChI=1S/C19H35N3O/c1-4-10-16(11-5-1)20-19(21-17-12-6-2-7-13-17)23-22-18-14-8-3-9-15-18/h16-18,22H,1-15H2,(H,20,21). The van der Waals surface area contributed by atoms with Gasteiger partial charge in [-0.25, -0.2) is 4.99 Å². The second-order valence-corrected chi connectivity index (χ2v) is 7.76. The van der Waals surface area contributed by atoms with Gasteiger partial charge < -0.3 is 10.2 Å². The van der Waals surface area contributed by atoms with Gasteiger partial charge >= 0.3 is 6.02 Å². The van der Waals surface area contributed by atoms with Crippen molar-refractivity contribution in [3.63, 3.8) is 0 Å². The first-order valence-corrected chi connectivity index (χ1v) is 10.2. The first-order valence-electron chi connectivity index (χ1n) is 10.2. The van der Waals surface area contributed by atoms with Gasteiger partial charge in [-0.2, -0.15) is 0 Å². The van der Waals surface area contributed by atoms with Gasteiger partial charge in [0.25, 0.3) is 0 Å². The second-order valence-electron chi connectivity index (χ2n) is 7.76. The highest BCUT2D eigenvalue weighted by Gasteiger charge is 2.20. The van der Waals surface area contributed by atoms with E-state index in [-0.39, 0.29) is 0 Å². The van der Waals surface area contributed by atoms with Gasteiger partial charge in [-0.15, -0.1) is 5.48 Å². The first-order chi connectivity index (χ1) is 11.4. The third kappa shape index (κ3) is 5.98. The number of hydrogen-bond donors (Lipinski definition) is 2. The predicted molar refractivity (Wildman–Crippen MR) is 95.4 cm³/mol. The van der Waals surface area contributed by atoms with Crippen molar-refractivity contribution < 1.29 is 4.84 Å². The number of rotatable bonds is 4. The lowest BCUT2D eigenvalue weighted by molar-refractivity contribution is 0.109. The Morgan fingerprint density at radius 1 is 0.652 bits per heavy atom. The normalized spacial score (nSPS) is 26.2. The van der Waals surface area contributed by atoms with Crippen molar-refractivity contribution in [2.24, 2.45) is 4.99 Å². The average Bonchev–Trinajstić information content (AvgIpc) is 2.62. The Balaban J connectivity index is 1.53. The van der Waals surface area contributed by atoms with Crippen LogP contribution >= 0.6 is 0 Å². The number of hydroxylamine groups is 1. The van der Waals surface area contributed by atoms with E-state index in [2.05, 4.69) is 10.8 Å². The summed E-state index contributed by atoms with van der Waals surface area (Å²) in [6.45, 7) is 0. The predicted octanol–water partition coefficient (Wildman–Crippen LogP) is 4.45. The van der Waals surface area contributed by atoms with Gasteiger partial charge in [0.15, 0.2) is 0 Å². The molecule has 0 aromatic heterocycles. The van der Waals surface area contributed by atoms with Crippen LogP contribution in [-0.2, 0) is 4.84 Å². The molecule has 4 heteroatoms. The van der Waals surface area contributed by atoms with Crippen molar-refractivity contribution >= 4 is 6.02 Å². The summed E-state index contributed by atoms with van der Waals surface area (Å²) in [6, 6.07) is 2.30. The summed E-state index contributed by atoms with van der Waals surface area (Å²) in [5.74, 6) is 0. The van der Waals surface area contributed by atoms with Gasteiger partial charge in [0, 0.05) is 12.1 Å². The topological polar surface area (TPSA) is 45.7 Å². The number of hydrogen-bond acceptors (Lipinski definition) is 3. The molecule has 0 spiro atoms. The van der Waals surface area contributed by atoms with Crippen LogP contribution in [0.3, 0.4) is 0 Å². The molecule has 3 fully saturated rings. The minimum Gasteiger partial charge on any atom is -0.371 e. The minimum atomic E-state index is 0.461. The fraction of sp³-hybridized carbons (Fsp3) is 0.947. The average molecular weight is 322 g/mol. The molecule has 0 amide bonds. The highest BCUT2D eigenvalue weighted by molar-refractivity contribution is 5.73. The maximum Gasteiger partial charge on any atom is 0.305 e. The van der Waals surface area contributed by atoms with Gasteiger partial charge in [0.2, 0.25) is 0 Å². The van der Waals surface area contributed by atoms with Gasteiger partial charge in [0.05, 0.1) is 6.04 Å². The van der Waals surface area contributed by atoms with E-state index >= 15 is 0 Å². The Morgan fingerprint density at radius 3 is 1.78 bits per heavy atom. The summed E-state index contributed by atoms with van der Waals surface area (Å²) in [7, 11) is 0. The Morgan fingerprint density at radius 2 is 1.17 bits per heavy atom. The van der Waals surface area contributed by atoms with Crippen molar-refractivity contribution in [1.82, 2.24) is 10.8 Å². The molecule has 132 valence electrons. The molecule has 3 rings (SSSR count). The lowest BCUT2D eigenvalue weighted by Gasteiger charge is -2.28. The van der Waals surface area contributed by atoms with Crippen LogP contribution in [0.5, 0.6) is 0 Å². The summed E-state index contributed by atoms with van der Waals surface area (Å²) in [5.41, 5.74) is 3.31. The molecule has 3 aliphatic rings. The lowest BCUT2D eigenvalue weighted by Crippen LogP contribution is -2.43. The third-order valence-electron chi connectivity index (χ3n) is 5.73. The highest BCUT2D eigenvalue weighted by Crippen LogP contribution is 2.22. The molecule has 2 N–H and O–H groups in total. The molecule has 0 aromatic carbocycles. The second kappa shape index (κ2) is 9.51. The van der Waals surface area contributed by atoms with Gasteiger partial charge in [0.1, 0.15) is 0 Å². The molecule has 0 unspecified atom stereocenters. The summed E-state index contributed by atoms with van der Waals surface area (Å²) in [5, 5.41) is 3.61. The first kappa shape index (κ1) is 17.1. The van der Waals surface area contributed by atoms with Crippen molar-refractivity contribution in [2.75, 3.05) is 0 Å². The smallest absolute Gasteiger partial charge is 0.305 e. The Hall–Kier alpha value is -0.770. The largest absolute Gasteiger partial charge is 0.371 e. The summed E-state index contributed by atoms with van der Waals surface area (Å²) >= 11 is 0.